The standard InChI is InChI=1S/C13H15BrN2O3/c14-9-4-8(12(18)19)5-10(6-9)16-11(17)7-13(15)2-1-3-13/h4-6H,1-3,7,15H2,(H,16,17)(H,18,19). The van der Waals surface area contributed by atoms with Crippen molar-refractivity contribution in [2.75, 3.05) is 5.32 Å². The zero-order valence-corrected chi connectivity index (χ0v) is 11.9. The van der Waals surface area contributed by atoms with Gasteiger partial charge >= 0.3 is 5.97 Å². The molecule has 1 aromatic carbocycles. The Hall–Kier alpha value is -1.40. The molecule has 6 heteroatoms. The van der Waals surface area contributed by atoms with Crippen LogP contribution in [0.2, 0.25) is 0 Å². The molecule has 2 rings (SSSR count). The predicted octanol–water partition coefficient (Wildman–Crippen LogP) is 2.36. The zero-order valence-electron chi connectivity index (χ0n) is 10.3. The van der Waals surface area contributed by atoms with Gasteiger partial charge in [0.25, 0.3) is 0 Å². The van der Waals surface area contributed by atoms with E-state index in [2.05, 4.69) is 21.2 Å². The summed E-state index contributed by atoms with van der Waals surface area (Å²) < 4.78 is 0.605. The first-order valence-corrected chi connectivity index (χ1v) is 6.80. The lowest BCUT2D eigenvalue weighted by Gasteiger charge is -2.37. The van der Waals surface area contributed by atoms with Gasteiger partial charge in [-0.15, -0.1) is 0 Å². The fourth-order valence-electron chi connectivity index (χ4n) is 2.12. The third-order valence-corrected chi connectivity index (χ3v) is 3.75. The second-order valence-electron chi connectivity index (χ2n) is 4.97. The SMILES string of the molecule is NC1(CC(=O)Nc2cc(Br)cc(C(=O)O)c2)CCC1. The summed E-state index contributed by atoms with van der Waals surface area (Å²) in [5, 5.41) is 11.6. The van der Waals surface area contributed by atoms with Gasteiger partial charge < -0.3 is 16.2 Å². The Bertz CT molecular complexity index is 527. The molecule has 0 spiro atoms. The molecule has 1 amide bonds. The molecule has 0 atom stereocenters. The Kier molecular flexibility index (Phi) is 3.91. The fourth-order valence-corrected chi connectivity index (χ4v) is 2.61. The molecule has 5 nitrogen and oxygen atoms in total. The van der Waals surface area contributed by atoms with Gasteiger partial charge in [-0.25, -0.2) is 4.79 Å². The highest BCUT2D eigenvalue weighted by Gasteiger charge is 2.34. The maximum Gasteiger partial charge on any atom is 0.335 e. The molecule has 19 heavy (non-hydrogen) atoms. The Morgan fingerprint density at radius 3 is 2.58 bits per heavy atom. The zero-order chi connectivity index (χ0) is 14.0. The monoisotopic (exact) mass is 326 g/mol. The van der Waals surface area contributed by atoms with Crippen molar-refractivity contribution in [3.8, 4) is 0 Å². The highest BCUT2D eigenvalue weighted by Crippen LogP contribution is 2.32. The van der Waals surface area contributed by atoms with Crippen LogP contribution in [0.1, 0.15) is 36.0 Å². The summed E-state index contributed by atoms with van der Waals surface area (Å²) in [5.74, 6) is -1.22. The molecule has 1 saturated carbocycles. The van der Waals surface area contributed by atoms with Crippen molar-refractivity contribution < 1.29 is 14.7 Å². The van der Waals surface area contributed by atoms with Gasteiger partial charge in [0.05, 0.1) is 5.56 Å². The number of carboxylic acids is 1. The van der Waals surface area contributed by atoms with Gasteiger partial charge in [-0.2, -0.15) is 0 Å². The van der Waals surface area contributed by atoms with Crippen molar-refractivity contribution >= 4 is 33.5 Å². The molecule has 0 bridgehead atoms. The molecular weight excluding hydrogens is 312 g/mol. The van der Waals surface area contributed by atoms with Crippen LogP contribution in [-0.4, -0.2) is 22.5 Å². The van der Waals surface area contributed by atoms with Crippen LogP contribution in [0, 0.1) is 0 Å². The number of hydrogen-bond donors (Lipinski definition) is 3. The van der Waals surface area contributed by atoms with E-state index in [9.17, 15) is 9.59 Å². The summed E-state index contributed by atoms with van der Waals surface area (Å²) in [5.41, 5.74) is 6.20. The number of anilines is 1. The normalized spacial score (nSPS) is 16.5. The number of carbonyl (C=O) groups excluding carboxylic acids is 1. The van der Waals surface area contributed by atoms with Crippen molar-refractivity contribution in [1.29, 1.82) is 0 Å². The van der Waals surface area contributed by atoms with Gasteiger partial charge in [-0.05, 0) is 37.5 Å². The Morgan fingerprint density at radius 2 is 2.05 bits per heavy atom. The number of carboxylic acid groups (broad SMARTS) is 1. The van der Waals surface area contributed by atoms with Gasteiger partial charge in [-0.3, -0.25) is 4.79 Å². The molecule has 0 aromatic heterocycles. The molecule has 0 heterocycles. The number of amides is 1. The molecule has 1 fully saturated rings. The lowest BCUT2D eigenvalue weighted by atomic mass is 9.75. The van der Waals surface area contributed by atoms with Crippen molar-refractivity contribution in [3.05, 3.63) is 28.2 Å². The highest BCUT2D eigenvalue weighted by molar-refractivity contribution is 9.10. The van der Waals surface area contributed by atoms with E-state index in [4.69, 9.17) is 10.8 Å². The third-order valence-electron chi connectivity index (χ3n) is 3.29. The summed E-state index contributed by atoms with van der Waals surface area (Å²) in [6.07, 6.45) is 3.05. The van der Waals surface area contributed by atoms with Crippen molar-refractivity contribution in [2.24, 2.45) is 5.73 Å². The van der Waals surface area contributed by atoms with E-state index < -0.39 is 5.97 Å². The number of aromatic carboxylic acids is 1. The van der Waals surface area contributed by atoms with Gasteiger partial charge in [0.2, 0.25) is 5.91 Å². The summed E-state index contributed by atoms with van der Waals surface area (Å²) in [6, 6.07) is 4.57. The number of benzene rings is 1. The fraction of sp³-hybridized carbons (Fsp3) is 0.385. The van der Waals surface area contributed by atoms with Crippen molar-refractivity contribution in [2.45, 2.75) is 31.2 Å². The van der Waals surface area contributed by atoms with E-state index in [-0.39, 0.29) is 23.4 Å². The molecule has 102 valence electrons. The van der Waals surface area contributed by atoms with Crippen LogP contribution < -0.4 is 11.1 Å². The topological polar surface area (TPSA) is 92.4 Å². The smallest absolute Gasteiger partial charge is 0.335 e. The van der Waals surface area contributed by atoms with E-state index in [0.717, 1.165) is 19.3 Å². The molecular formula is C13H15BrN2O3. The van der Waals surface area contributed by atoms with E-state index in [1.807, 2.05) is 0 Å². The molecule has 0 aliphatic heterocycles. The average molecular weight is 327 g/mol. The lowest BCUT2D eigenvalue weighted by molar-refractivity contribution is -0.118. The lowest BCUT2D eigenvalue weighted by Crippen LogP contribution is -2.48. The minimum atomic E-state index is -1.04. The number of hydrogen-bond acceptors (Lipinski definition) is 3. The van der Waals surface area contributed by atoms with Gasteiger partial charge in [-0.1, -0.05) is 15.9 Å². The van der Waals surface area contributed by atoms with Gasteiger partial charge in [0.1, 0.15) is 0 Å². The third kappa shape index (κ3) is 3.54. The van der Waals surface area contributed by atoms with E-state index in [1.54, 1.807) is 6.07 Å². The number of rotatable bonds is 4. The number of nitrogens with two attached hydrogens (primary N) is 1. The molecule has 4 N–H and O–H groups in total. The first-order chi connectivity index (χ1) is 8.88. The van der Waals surface area contributed by atoms with Crippen LogP contribution in [0.3, 0.4) is 0 Å². The quantitative estimate of drug-likeness (QED) is 0.791. The minimum absolute atomic E-state index is 0.121. The number of carbonyl (C=O) groups is 2. The Labute approximate surface area is 119 Å². The molecule has 0 radical (unpaired) electrons. The van der Waals surface area contributed by atoms with Gasteiger partial charge in [0, 0.05) is 22.1 Å². The molecule has 1 aromatic rings. The largest absolute Gasteiger partial charge is 0.478 e. The van der Waals surface area contributed by atoms with Crippen LogP contribution >= 0.6 is 15.9 Å². The molecule has 0 unspecified atom stereocenters. The van der Waals surface area contributed by atoms with Crippen LogP contribution in [0.25, 0.3) is 0 Å². The Morgan fingerprint density at radius 1 is 1.37 bits per heavy atom. The van der Waals surface area contributed by atoms with E-state index in [1.165, 1.54) is 12.1 Å². The van der Waals surface area contributed by atoms with Crippen LogP contribution in [0.15, 0.2) is 22.7 Å². The highest BCUT2D eigenvalue weighted by atomic mass is 79.9. The number of nitrogens with one attached hydrogen (secondary N) is 1. The van der Waals surface area contributed by atoms with Gasteiger partial charge in [0.15, 0.2) is 0 Å². The Balaban J connectivity index is 2.06. The van der Waals surface area contributed by atoms with Crippen LogP contribution in [0.4, 0.5) is 5.69 Å². The maximum atomic E-state index is 11.9. The number of halogens is 1. The molecule has 0 saturated heterocycles. The van der Waals surface area contributed by atoms with Crippen molar-refractivity contribution in [1.82, 2.24) is 0 Å². The summed E-state index contributed by atoms with van der Waals surface area (Å²) in [4.78, 5) is 22.8. The predicted molar refractivity (Wildman–Crippen MR) is 75.1 cm³/mol. The molecule has 1 aliphatic rings. The van der Waals surface area contributed by atoms with E-state index in [0.29, 0.717) is 10.2 Å². The second-order valence-corrected chi connectivity index (χ2v) is 5.89. The summed E-state index contributed by atoms with van der Waals surface area (Å²) in [6.45, 7) is 0. The summed E-state index contributed by atoms with van der Waals surface area (Å²) >= 11 is 3.22. The first kappa shape index (κ1) is 14.0. The van der Waals surface area contributed by atoms with Crippen LogP contribution in [0.5, 0.6) is 0 Å². The first-order valence-electron chi connectivity index (χ1n) is 6.01. The maximum absolute atomic E-state index is 11.9. The second kappa shape index (κ2) is 5.30. The van der Waals surface area contributed by atoms with Crippen molar-refractivity contribution in [3.63, 3.8) is 0 Å². The average Bonchev–Trinajstić information content (AvgIpc) is 2.25. The summed E-state index contributed by atoms with van der Waals surface area (Å²) in [7, 11) is 0. The molecule has 1 aliphatic carbocycles. The van der Waals surface area contributed by atoms with Crippen LogP contribution in [-0.2, 0) is 4.79 Å². The van der Waals surface area contributed by atoms with E-state index >= 15 is 0 Å². The minimum Gasteiger partial charge on any atom is -0.478 e.